The van der Waals surface area contributed by atoms with Crippen molar-refractivity contribution in [3.05, 3.63) is 88.9 Å². The van der Waals surface area contributed by atoms with Gasteiger partial charge in [0.2, 0.25) is 5.91 Å². The van der Waals surface area contributed by atoms with E-state index in [9.17, 15) is 9.59 Å². The first-order valence-electron chi connectivity index (χ1n) is 10.5. The predicted octanol–water partition coefficient (Wildman–Crippen LogP) is 5.53. The Hall–Kier alpha value is -3.31. The summed E-state index contributed by atoms with van der Waals surface area (Å²) in [6.45, 7) is 1.99. The minimum atomic E-state index is -0.346. The third kappa shape index (κ3) is 4.08. The van der Waals surface area contributed by atoms with Crippen molar-refractivity contribution in [3.8, 4) is 5.75 Å². The molecule has 0 N–H and O–H groups in total. The molecule has 4 rings (SSSR count). The van der Waals surface area contributed by atoms with E-state index in [1.54, 1.807) is 60.4 Å². The number of halogens is 1. The largest absolute Gasteiger partial charge is 0.497 e. The molecule has 1 heterocycles. The zero-order valence-corrected chi connectivity index (χ0v) is 19.0. The van der Waals surface area contributed by atoms with E-state index in [0.717, 1.165) is 16.9 Å². The summed E-state index contributed by atoms with van der Waals surface area (Å²) >= 11 is 6.00. The SMILES string of the molecule is COc1ccc(C(=O)N2c3ccccc3[C@H](C(=O)N(C)c3ccc(Cl)cc3)C[C@H]2C)cc1. The van der Waals surface area contributed by atoms with Gasteiger partial charge in [-0.3, -0.25) is 9.59 Å². The molecule has 0 bridgehead atoms. The highest BCUT2D eigenvalue weighted by Gasteiger charge is 2.38. The number of fused-ring (bicyclic) bond motifs is 1. The van der Waals surface area contributed by atoms with E-state index in [2.05, 4.69) is 0 Å². The van der Waals surface area contributed by atoms with Crippen molar-refractivity contribution in [1.82, 2.24) is 0 Å². The number of methoxy groups -OCH3 is 1. The summed E-state index contributed by atoms with van der Waals surface area (Å²) < 4.78 is 5.20. The lowest BCUT2D eigenvalue weighted by Gasteiger charge is -2.40. The number of likely N-dealkylation sites (N-methyl/N-ethyl adjacent to an activating group) is 1. The van der Waals surface area contributed by atoms with Crippen LogP contribution < -0.4 is 14.5 Å². The molecule has 32 heavy (non-hydrogen) atoms. The molecular formula is C26H25ClN2O3. The molecule has 0 aromatic heterocycles. The first-order chi connectivity index (χ1) is 15.4. The Morgan fingerprint density at radius 3 is 2.31 bits per heavy atom. The molecule has 0 spiro atoms. The molecule has 1 aliphatic heterocycles. The maximum absolute atomic E-state index is 13.5. The lowest BCUT2D eigenvalue weighted by atomic mass is 9.84. The smallest absolute Gasteiger partial charge is 0.258 e. The Balaban J connectivity index is 1.66. The van der Waals surface area contributed by atoms with Gasteiger partial charge < -0.3 is 14.5 Å². The summed E-state index contributed by atoms with van der Waals surface area (Å²) in [7, 11) is 3.37. The van der Waals surface area contributed by atoms with Crippen molar-refractivity contribution in [3.63, 3.8) is 0 Å². The molecule has 0 saturated carbocycles. The lowest BCUT2D eigenvalue weighted by molar-refractivity contribution is -0.120. The van der Waals surface area contributed by atoms with Crippen molar-refractivity contribution in [1.29, 1.82) is 0 Å². The van der Waals surface area contributed by atoms with Crippen LogP contribution >= 0.6 is 11.6 Å². The fourth-order valence-electron chi connectivity index (χ4n) is 4.25. The van der Waals surface area contributed by atoms with Gasteiger partial charge in [-0.2, -0.15) is 0 Å². The van der Waals surface area contributed by atoms with Gasteiger partial charge in [0.15, 0.2) is 0 Å². The second-order valence-electron chi connectivity index (χ2n) is 7.97. The summed E-state index contributed by atoms with van der Waals surface area (Å²) in [6.07, 6.45) is 0.537. The van der Waals surface area contributed by atoms with Crippen LogP contribution in [0, 0.1) is 0 Å². The topological polar surface area (TPSA) is 49.9 Å². The van der Waals surface area contributed by atoms with Crippen LogP contribution in [0.25, 0.3) is 0 Å². The number of rotatable bonds is 4. The summed E-state index contributed by atoms with van der Waals surface area (Å²) in [4.78, 5) is 30.4. The fraction of sp³-hybridized carbons (Fsp3) is 0.231. The third-order valence-corrected chi connectivity index (χ3v) is 6.24. The molecule has 164 valence electrons. The van der Waals surface area contributed by atoms with Crippen LogP contribution in [-0.4, -0.2) is 32.0 Å². The molecule has 2 atom stereocenters. The molecule has 0 radical (unpaired) electrons. The molecular weight excluding hydrogens is 424 g/mol. The Bertz CT molecular complexity index is 1130. The van der Waals surface area contributed by atoms with Crippen molar-refractivity contribution in [2.24, 2.45) is 0 Å². The maximum atomic E-state index is 13.5. The van der Waals surface area contributed by atoms with Gasteiger partial charge in [-0.15, -0.1) is 0 Å². The van der Waals surface area contributed by atoms with E-state index in [1.807, 2.05) is 43.3 Å². The van der Waals surface area contributed by atoms with Crippen LogP contribution in [-0.2, 0) is 4.79 Å². The zero-order chi connectivity index (χ0) is 22.8. The monoisotopic (exact) mass is 448 g/mol. The molecule has 0 fully saturated rings. The molecule has 3 aromatic carbocycles. The van der Waals surface area contributed by atoms with E-state index in [1.165, 1.54) is 0 Å². The predicted molar refractivity (Wildman–Crippen MR) is 128 cm³/mol. The van der Waals surface area contributed by atoms with Crippen LogP contribution in [0.4, 0.5) is 11.4 Å². The van der Waals surface area contributed by atoms with E-state index in [4.69, 9.17) is 16.3 Å². The Labute approximate surface area is 193 Å². The standard InChI is InChI=1S/C26H25ClN2O3/c1-17-16-23(26(31)28(2)20-12-10-19(27)11-13-20)22-6-4-5-7-24(22)29(17)25(30)18-8-14-21(32-3)15-9-18/h4-15,17,23H,16H2,1-3H3/t17-,23-/m1/s1. The van der Waals surface area contributed by atoms with Crippen LogP contribution in [0.1, 0.15) is 35.2 Å². The van der Waals surface area contributed by atoms with E-state index < -0.39 is 0 Å². The molecule has 6 heteroatoms. The van der Waals surface area contributed by atoms with Crippen molar-refractivity contribution >= 4 is 34.8 Å². The normalized spacial score (nSPS) is 17.4. The average molecular weight is 449 g/mol. The number of ether oxygens (including phenoxy) is 1. The van der Waals surface area contributed by atoms with Gasteiger partial charge >= 0.3 is 0 Å². The van der Waals surface area contributed by atoms with Gasteiger partial charge in [-0.1, -0.05) is 29.8 Å². The number of carbonyl (C=O) groups excluding carboxylic acids is 2. The minimum absolute atomic E-state index is 0.0110. The van der Waals surface area contributed by atoms with Gasteiger partial charge in [0.25, 0.3) is 5.91 Å². The van der Waals surface area contributed by atoms with E-state index in [-0.39, 0.29) is 23.8 Å². The Morgan fingerprint density at radius 2 is 1.66 bits per heavy atom. The zero-order valence-electron chi connectivity index (χ0n) is 18.3. The van der Waals surface area contributed by atoms with E-state index >= 15 is 0 Å². The average Bonchev–Trinajstić information content (AvgIpc) is 2.83. The summed E-state index contributed by atoms with van der Waals surface area (Å²) in [6, 6.07) is 21.8. The number of hydrogen-bond acceptors (Lipinski definition) is 3. The fourth-order valence-corrected chi connectivity index (χ4v) is 4.38. The second kappa shape index (κ2) is 9.05. The molecule has 5 nitrogen and oxygen atoms in total. The maximum Gasteiger partial charge on any atom is 0.258 e. The van der Waals surface area contributed by atoms with Crippen LogP contribution in [0.15, 0.2) is 72.8 Å². The summed E-state index contributed by atoms with van der Waals surface area (Å²) in [5, 5.41) is 0.624. The van der Waals surface area contributed by atoms with Crippen LogP contribution in [0.3, 0.4) is 0 Å². The number of carbonyl (C=O) groups is 2. The van der Waals surface area contributed by atoms with Crippen LogP contribution in [0.5, 0.6) is 5.75 Å². The third-order valence-electron chi connectivity index (χ3n) is 5.99. The van der Waals surface area contributed by atoms with Gasteiger partial charge in [0.1, 0.15) is 5.75 Å². The molecule has 0 unspecified atom stereocenters. The first-order valence-corrected chi connectivity index (χ1v) is 10.9. The first kappa shape index (κ1) is 21.9. The lowest BCUT2D eigenvalue weighted by Crippen LogP contribution is -2.46. The molecule has 2 amide bonds. The molecule has 1 aliphatic rings. The Kier molecular flexibility index (Phi) is 6.19. The van der Waals surface area contributed by atoms with E-state index in [0.29, 0.717) is 22.8 Å². The number of amides is 2. The van der Waals surface area contributed by atoms with Crippen molar-refractivity contribution in [2.75, 3.05) is 24.0 Å². The van der Waals surface area contributed by atoms with Gasteiger partial charge in [0.05, 0.1) is 13.0 Å². The van der Waals surface area contributed by atoms with Gasteiger partial charge in [-0.05, 0) is 73.5 Å². The number of benzene rings is 3. The number of para-hydroxylation sites is 1. The highest BCUT2D eigenvalue weighted by Crippen LogP contribution is 2.40. The second-order valence-corrected chi connectivity index (χ2v) is 8.41. The van der Waals surface area contributed by atoms with Crippen molar-refractivity contribution < 1.29 is 14.3 Å². The quantitative estimate of drug-likeness (QED) is 0.527. The molecule has 0 aliphatic carbocycles. The minimum Gasteiger partial charge on any atom is -0.497 e. The van der Waals surface area contributed by atoms with Gasteiger partial charge in [0, 0.05) is 35.1 Å². The highest BCUT2D eigenvalue weighted by atomic mass is 35.5. The van der Waals surface area contributed by atoms with Crippen molar-refractivity contribution in [2.45, 2.75) is 25.3 Å². The summed E-state index contributed by atoms with van der Waals surface area (Å²) in [5.74, 6) is 0.249. The number of anilines is 2. The molecule has 3 aromatic rings. The van der Waals surface area contributed by atoms with Crippen LogP contribution in [0.2, 0.25) is 5.02 Å². The summed E-state index contributed by atoms with van der Waals surface area (Å²) in [5.41, 5.74) is 2.99. The number of hydrogen-bond donors (Lipinski definition) is 0. The highest BCUT2D eigenvalue weighted by molar-refractivity contribution is 6.30. The van der Waals surface area contributed by atoms with Gasteiger partial charge in [-0.25, -0.2) is 0 Å². The Morgan fingerprint density at radius 1 is 1.00 bits per heavy atom. The number of nitrogens with zero attached hydrogens (tertiary/aromatic N) is 2. The molecule has 0 saturated heterocycles.